The molecule has 7 heteroatoms. The van der Waals surface area contributed by atoms with Crippen molar-refractivity contribution in [2.75, 3.05) is 19.8 Å². The summed E-state index contributed by atoms with van der Waals surface area (Å²) in [5.74, 6) is -1.78. The second kappa shape index (κ2) is 5.87. The fraction of sp³-hybridized carbons (Fsp3) is 0.385. The highest BCUT2D eigenvalue weighted by Gasteiger charge is 2.43. The van der Waals surface area contributed by atoms with E-state index >= 15 is 0 Å². The van der Waals surface area contributed by atoms with Crippen LogP contribution in [-0.2, 0) is 14.3 Å². The number of carbonyl (C=O) groups is 2. The maximum atomic E-state index is 12.7. The number of rotatable bonds is 5. The molecule has 0 spiro atoms. The molecule has 1 saturated heterocycles. The average Bonchev–Trinajstić information content (AvgIpc) is 2.88. The molecule has 0 aliphatic carbocycles. The van der Waals surface area contributed by atoms with Gasteiger partial charge in [-0.05, 0) is 24.3 Å². The molecule has 0 saturated carbocycles. The van der Waals surface area contributed by atoms with E-state index in [1.165, 1.54) is 24.3 Å². The van der Waals surface area contributed by atoms with Crippen LogP contribution < -0.4 is 10.1 Å². The Hall–Kier alpha value is -2.15. The number of hydrogen-bond donors (Lipinski definition) is 2. The molecule has 1 heterocycles. The minimum atomic E-state index is -1.39. The summed E-state index contributed by atoms with van der Waals surface area (Å²) in [7, 11) is 0. The zero-order valence-corrected chi connectivity index (χ0v) is 10.6. The van der Waals surface area contributed by atoms with Crippen molar-refractivity contribution in [3.63, 3.8) is 0 Å². The Balaban J connectivity index is 1.89. The van der Waals surface area contributed by atoms with E-state index in [1.54, 1.807) is 0 Å². The Kier molecular flexibility index (Phi) is 4.19. The molecule has 1 aliphatic heterocycles. The fourth-order valence-electron chi connectivity index (χ4n) is 1.87. The van der Waals surface area contributed by atoms with Crippen molar-refractivity contribution in [1.29, 1.82) is 0 Å². The van der Waals surface area contributed by atoms with Gasteiger partial charge in [0.25, 0.3) is 5.91 Å². The molecule has 0 radical (unpaired) electrons. The van der Waals surface area contributed by atoms with Crippen molar-refractivity contribution in [2.45, 2.75) is 12.0 Å². The first kappa shape index (κ1) is 14.3. The zero-order chi connectivity index (χ0) is 14.6. The Labute approximate surface area is 114 Å². The number of ether oxygens (including phenoxy) is 2. The average molecular weight is 283 g/mol. The molecule has 20 heavy (non-hydrogen) atoms. The second-order valence-corrected chi connectivity index (χ2v) is 4.48. The third-order valence-corrected chi connectivity index (χ3v) is 2.99. The third kappa shape index (κ3) is 3.24. The minimum absolute atomic E-state index is 0.0649. The Bertz CT molecular complexity index is 496. The highest BCUT2D eigenvalue weighted by atomic mass is 19.1. The molecule has 1 aromatic carbocycles. The number of halogens is 1. The number of amides is 1. The molecule has 1 aromatic rings. The molecule has 2 rings (SSSR count). The van der Waals surface area contributed by atoms with Crippen molar-refractivity contribution in [2.24, 2.45) is 0 Å². The van der Waals surface area contributed by atoms with E-state index in [0.717, 1.165) is 0 Å². The summed E-state index contributed by atoms with van der Waals surface area (Å²) < 4.78 is 22.8. The van der Waals surface area contributed by atoms with E-state index in [1.807, 2.05) is 0 Å². The van der Waals surface area contributed by atoms with Crippen LogP contribution in [0.25, 0.3) is 0 Å². The van der Waals surface area contributed by atoms with Crippen LogP contribution in [0.5, 0.6) is 5.75 Å². The van der Waals surface area contributed by atoms with E-state index < -0.39 is 23.2 Å². The zero-order valence-electron chi connectivity index (χ0n) is 10.6. The highest BCUT2D eigenvalue weighted by molar-refractivity contribution is 5.88. The lowest BCUT2D eigenvalue weighted by Gasteiger charge is -2.23. The van der Waals surface area contributed by atoms with Crippen molar-refractivity contribution >= 4 is 11.9 Å². The van der Waals surface area contributed by atoms with Crippen LogP contribution in [0, 0.1) is 5.82 Å². The first-order chi connectivity index (χ1) is 9.52. The molecular formula is C13H14FNO5. The Morgan fingerprint density at radius 1 is 1.40 bits per heavy atom. The van der Waals surface area contributed by atoms with Crippen LogP contribution in [-0.4, -0.2) is 42.3 Å². The molecule has 1 amide bonds. The number of aliphatic carboxylic acids is 1. The summed E-state index contributed by atoms with van der Waals surface area (Å²) in [5, 5.41) is 11.6. The van der Waals surface area contributed by atoms with E-state index in [-0.39, 0.29) is 26.2 Å². The van der Waals surface area contributed by atoms with Crippen molar-refractivity contribution in [1.82, 2.24) is 5.32 Å². The molecule has 6 nitrogen and oxygen atoms in total. The topological polar surface area (TPSA) is 84.9 Å². The van der Waals surface area contributed by atoms with Crippen LogP contribution in [0.15, 0.2) is 24.3 Å². The van der Waals surface area contributed by atoms with E-state index in [0.29, 0.717) is 5.75 Å². The van der Waals surface area contributed by atoms with Gasteiger partial charge < -0.3 is 19.9 Å². The lowest BCUT2D eigenvalue weighted by Crippen LogP contribution is -2.56. The standard InChI is InChI=1S/C13H14FNO5/c14-9-1-3-10(4-2-9)20-7-11(16)15-13(12(17)18)5-6-19-8-13/h1-4H,5-8H2,(H,15,16)(H,17,18). The van der Waals surface area contributed by atoms with Gasteiger partial charge in [0.1, 0.15) is 11.6 Å². The molecule has 0 bridgehead atoms. The monoisotopic (exact) mass is 283 g/mol. The van der Waals surface area contributed by atoms with Gasteiger partial charge in [0.2, 0.25) is 0 Å². The summed E-state index contributed by atoms with van der Waals surface area (Å²) >= 11 is 0. The molecular weight excluding hydrogens is 269 g/mol. The van der Waals surface area contributed by atoms with Crippen LogP contribution in [0.2, 0.25) is 0 Å². The molecule has 1 aliphatic rings. The number of benzene rings is 1. The van der Waals surface area contributed by atoms with Crippen LogP contribution in [0.4, 0.5) is 4.39 Å². The predicted molar refractivity (Wildman–Crippen MR) is 65.8 cm³/mol. The van der Waals surface area contributed by atoms with Crippen molar-refractivity contribution in [3.05, 3.63) is 30.1 Å². The molecule has 1 fully saturated rings. The summed E-state index contributed by atoms with van der Waals surface area (Å²) in [5.41, 5.74) is -1.39. The minimum Gasteiger partial charge on any atom is -0.484 e. The summed E-state index contributed by atoms with van der Waals surface area (Å²) in [4.78, 5) is 22.9. The highest BCUT2D eigenvalue weighted by Crippen LogP contribution is 2.19. The number of nitrogens with one attached hydrogen (secondary N) is 1. The molecule has 2 N–H and O–H groups in total. The van der Waals surface area contributed by atoms with Gasteiger partial charge >= 0.3 is 5.97 Å². The lowest BCUT2D eigenvalue weighted by molar-refractivity contribution is -0.148. The van der Waals surface area contributed by atoms with Gasteiger partial charge in [-0.2, -0.15) is 0 Å². The molecule has 108 valence electrons. The van der Waals surface area contributed by atoms with Crippen LogP contribution in [0.1, 0.15) is 6.42 Å². The van der Waals surface area contributed by atoms with Gasteiger partial charge in [0.05, 0.1) is 6.61 Å². The van der Waals surface area contributed by atoms with Gasteiger partial charge in [-0.3, -0.25) is 4.79 Å². The summed E-state index contributed by atoms with van der Waals surface area (Å²) in [6.07, 6.45) is 0.213. The lowest BCUT2D eigenvalue weighted by atomic mass is 9.99. The number of carboxylic acids is 1. The predicted octanol–water partition coefficient (Wildman–Crippen LogP) is 0.564. The SMILES string of the molecule is O=C(COc1ccc(F)cc1)NC1(C(=O)O)CCOC1. The normalized spacial score (nSPS) is 21.4. The third-order valence-electron chi connectivity index (χ3n) is 2.99. The van der Waals surface area contributed by atoms with Gasteiger partial charge in [0, 0.05) is 13.0 Å². The molecule has 1 unspecified atom stereocenters. The van der Waals surface area contributed by atoms with Crippen LogP contribution in [0.3, 0.4) is 0 Å². The first-order valence-electron chi connectivity index (χ1n) is 6.02. The van der Waals surface area contributed by atoms with Crippen LogP contribution >= 0.6 is 0 Å². The largest absolute Gasteiger partial charge is 0.484 e. The van der Waals surface area contributed by atoms with Crippen molar-refractivity contribution < 1.29 is 28.6 Å². The quantitative estimate of drug-likeness (QED) is 0.825. The molecule has 1 atom stereocenters. The van der Waals surface area contributed by atoms with E-state index in [2.05, 4.69) is 5.32 Å². The van der Waals surface area contributed by atoms with Crippen molar-refractivity contribution in [3.8, 4) is 5.75 Å². The van der Waals surface area contributed by atoms with Gasteiger partial charge in [-0.25, -0.2) is 9.18 Å². The Morgan fingerprint density at radius 3 is 2.65 bits per heavy atom. The summed E-state index contributed by atoms with van der Waals surface area (Å²) in [6.45, 7) is -0.128. The van der Waals surface area contributed by atoms with E-state index in [9.17, 15) is 14.0 Å². The number of hydrogen-bond acceptors (Lipinski definition) is 4. The second-order valence-electron chi connectivity index (χ2n) is 4.48. The molecule has 0 aromatic heterocycles. The number of carboxylic acid groups (broad SMARTS) is 1. The maximum absolute atomic E-state index is 12.7. The van der Waals surface area contributed by atoms with E-state index in [4.69, 9.17) is 14.6 Å². The first-order valence-corrected chi connectivity index (χ1v) is 6.02. The van der Waals surface area contributed by atoms with Gasteiger partial charge in [-0.15, -0.1) is 0 Å². The van der Waals surface area contributed by atoms with Gasteiger partial charge in [0.15, 0.2) is 12.1 Å². The fourth-order valence-corrected chi connectivity index (χ4v) is 1.87. The summed E-state index contributed by atoms with van der Waals surface area (Å²) in [6, 6.07) is 5.18. The maximum Gasteiger partial charge on any atom is 0.331 e. The number of carbonyl (C=O) groups excluding carboxylic acids is 1. The van der Waals surface area contributed by atoms with Gasteiger partial charge in [-0.1, -0.05) is 0 Å². The Morgan fingerprint density at radius 2 is 2.10 bits per heavy atom. The smallest absolute Gasteiger partial charge is 0.331 e.